The van der Waals surface area contributed by atoms with E-state index in [1.165, 1.54) is 22.5 Å². The lowest BCUT2D eigenvalue weighted by molar-refractivity contribution is 0.0953. The molecule has 2 heterocycles. The van der Waals surface area contributed by atoms with Crippen molar-refractivity contribution in [2.24, 2.45) is 0 Å². The molecule has 0 radical (unpaired) electrons. The van der Waals surface area contributed by atoms with Crippen molar-refractivity contribution < 1.29 is 13.2 Å². The number of amides is 1. The number of nitrogens with one attached hydrogen (secondary N) is 2. The molecule has 29 heavy (non-hydrogen) atoms. The molecule has 0 spiro atoms. The molecule has 2 aromatic rings. The summed E-state index contributed by atoms with van der Waals surface area (Å²) < 4.78 is 26.8. The number of nitriles is 1. The number of halogens is 1. The first-order valence-electron chi connectivity index (χ1n) is 9.15. The van der Waals surface area contributed by atoms with E-state index in [1.807, 2.05) is 6.07 Å². The molecule has 154 valence electrons. The summed E-state index contributed by atoms with van der Waals surface area (Å²) in [4.78, 5) is 12.6. The lowest BCUT2D eigenvalue weighted by atomic mass is 10.1. The number of benzene rings is 1. The summed E-state index contributed by atoms with van der Waals surface area (Å²) in [7, 11) is -3.64. The Morgan fingerprint density at radius 1 is 1.38 bits per heavy atom. The van der Waals surface area contributed by atoms with Crippen molar-refractivity contribution in [1.29, 1.82) is 5.26 Å². The van der Waals surface area contributed by atoms with Crippen molar-refractivity contribution in [2.75, 3.05) is 25.4 Å². The molecule has 0 unspecified atom stereocenters. The van der Waals surface area contributed by atoms with Gasteiger partial charge in [-0.15, -0.1) is 0 Å². The maximum absolute atomic E-state index is 12.7. The Bertz CT molecular complexity index is 1050. The van der Waals surface area contributed by atoms with Gasteiger partial charge < -0.3 is 11.1 Å². The van der Waals surface area contributed by atoms with E-state index in [0.29, 0.717) is 43.7 Å². The van der Waals surface area contributed by atoms with E-state index in [9.17, 15) is 13.2 Å². The number of aromatic amines is 1. The van der Waals surface area contributed by atoms with Crippen LogP contribution in [0, 0.1) is 11.3 Å². The van der Waals surface area contributed by atoms with Crippen LogP contribution in [0.2, 0.25) is 5.02 Å². The van der Waals surface area contributed by atoms with Crippen LogP contribution in [0.1, 0.15) is 40.9 Å². The molecule has 0 bridgehead atoms. The number of carbonyl (C=O) groups is 1. The highest BCUT2D eigenvalue weighted by Crippen LogP contribution is 2.25. The molecule has 3 rings (SSSR count). The van der Waals surface area contributed by atoms with Crippen LogP contribution in [0.4, 0.5) is 5.82 Å². The molecule has 0 aliphatic carbocycles. The van der Waals surface area contributed by atoms with E-state index in [1.54, 1.807) is 0 Å². The van der Waals surface area contributed by atoms with Crippen LogP contribution in [0.25, 0.3) is 0 Å². The first kappa shape index (κ1) is 21.1. The lowest BCUT2D eigenvalue weighted by Gasteiger charge is -2.16. The minimum atomic E-state index is -3.64. The number of nitrogen functional groups attached to an aromatic ring is 1. The Kier molecular flexibility index (Phi) is 6.42. The number of anilines is 1. The average molecular weight is 437 g/mol. The molecule has 1 amide bonds. The van der Waals surface area contributed by atoms with Gasteiger partial charge in [-0.25, -0.2) is 8.42 Å². The Morgan fingerprint density at radius 2 is 2.10 bits per heavy atom. The largest absolute Gasteiger partial charge is 0.381 e. The maximum Gasteiger partial charge on any atom is 0.252 e. The van der Waals surface area contributed by atoms with Gasteiger partial charge in [0.15, 0.2) is 5.82 Å². The molecular weight excluding hydrogens is 416 g/mol. The fourth-order valence-electron chi connectivity index (χ4n) is 3.18. The van der Waals surface area contributed by atoms with Crippen molar-refractivity contribution in [3.63, 3.8) is 0 Å². The summed E-state index contributed by atoms with van der Waals surface area (Å²) in [6, 6.07) is 6.14. The van der Waals surface area contributed by atoms with Crippen molar-refractivity contribution in [3.8, 4) is 6.07 Å². The van der Waals surface area contributed by atoms with Crippen molar-refractivity contribution in [3.05, 3.63) is 40.0 Å². The molecular formula is C18H21ClN6O3S. The highest BCUT2D eigenvalue weighted by molar-refractivity contribution is 7.89. The highest BCUT2D eigenvalue weighted by atomic mass is 35.5. The molecule has 1 aromatic heterocycles. The maximum atomic E-state index is 12.7. The second-order valence-corrected chi connectivity index (χ2v) is 9.03. The van der Waals surface area contributed by atoms with E-state index in [4.69, 9.17) is 22.6 Å². The summed E-state index contributed by atoms with van der Waals surface area (Å²) in [5, 5.41) is 18.4. The fourth-order valence-corrected chi connectivity index (χ4v) is 4.93. The first-order chi connectivity index (χ1) is 13.8. The molecule has 0 atom stereocenters. The summed E-state index contributed by atoms with van der Waals surface area (Å²) >= 11 is 6.12. The monoisotopic (exact) mass is 436 g/mol. The summed E-state index contributed by atoms with van der Waals surface area (Å²) in [6.45, 7) is 1.27. The van der Waals surface area contributed by atoms with Gasteiger partial charge in [0.2, 0.25) is 10.0 Å². The minimum Gasteiger partial charge on any atom is -0.381 e. The summed E-state index contributed by atoms with van der Waals surface area (Å²) in [5.74, 6) is -0.313. The SMILES string of the molecule is N#Cc1c(N)n[nH]c1CCCNC(=O)c1cc(S(=O)(=O)N2CCCC2)ccc1Cl. The van der Waals surface area contributed by atoms with Gasteiger partial charge in [0.05, 0.1) is 21.2 Å². The number of carbonyl (C=O) groups excluding carboxylic acids is 1. The Labute approximate surface area is 173 Å². The molecule has 11 heteroatoms. The highest BCUT2D eigenvalue weighted by Gasteiger charge is 2.28. The van der Waals surface area contributed by atoms with Crippen LogP contribution in [-0.4, -0.2) is 48.5 Å². The smallest absolute Gasteiger partial charge is 0.252 e. The number of sulfonamides is 1. The molecule has 1 aliphatic rings. The molecule has 4 N–H and O–H groups in total. The van der Waals surface area contributed by atoms with E-state index in [2.05, 4.69) is 15.5 Å². The number of aromatic nitrogens is 2. The van der Waals surface area contributed by atoms with Crippen LogP contribution < -0.4 is 11.1 Å². The molecule has 9 nitrogen and oxygen atoms in total. The number of hydrogen-bond donors (Lipinski definition) is 3. The number of nitrogens with two attached hydrogens (primary N) is 1. The molecule has 1 aromatic carbocycles. The van der Waals surface area contributed by atoms with E-state index < -0.39 is 15.9 Å². The van der Waals surface area contributed by atoms with Crippen LogP contribution in [0.3, 0.4) is 0 Å². The quantitative estimate of drug-likeness (QED) is 0.563. The second kappa shape index (κ2) is 8.82. The third kappa shape index (κ3) is 4.53. The molecule has 1 saturated heterocycles. The van der Waals surface area contributed by atoms with E-state index in [0.717, 1.165) is 12.8 Å². The Hall–Kier alpha value is -2.61. The average Bonchev–Trinajstić information content (AvgIpc) is 3.35. The van der Waals surface area contributed by atoms with Crippen LogP contribution in [-0.2, 0) is 16.4 Å². The zero-order chi connectivity index (χ0) is 21.0. The Morgan fingerprint density at radius 3 is 2.79 bits per heavy atom. The third-order valence-corrected chi connectivity index (χ3v) is 6.98. The van der Waals surface area contributed by atoms with E-state index >= 15 is 0 Å². The number of hydrogen-bond acceptors (Lipinski definition) is 6. The van der Waals surface area contributed by atoms with Gasteiger partial charge in [-0.2, -0.15) is 14.7 Å². The van der Waals surface area contributed by atoms with Crippen LogP contribution in [0.15, 0.2) is 23.1 Å². The van der Waals surface area contributed by atoms with Crippen LogP contribution in [0.5, 0.6) is 0 Å². The van der Waals surface area contributed by atoms with Crippen molar-refractivity contribution >= 4 is 33.3 Å². The normalized spacial score (nSPS) is 14.6. The predicted molar refractivity (Wildman–Crippen MR) is 108 cm³/mol. The fraction of sp³-hybridized carbons (Fsp3) is 0.389. The van der Waals surface area contributed by atoms with Crippen LogP contribution >= 0.6 is 11.6 Å². The zero-order valence-corrected chi connectivity index (χ0v) is 17.2. The molecule has 1 aliphatic heterocycles. The molecule has 1 fully saturated rings. The lowest BCUT2D eigenvalue weighted by Crippen LogP contribution is -2.29. The van der Waals surface area contributed by atoms with Gasteiger partial charge in [-0.1, -0.05) is 11.6 Å². The van der Waals surface area contributed by atoms with Gasteiger partial charge >= 0.3 is 0 Å². The third-order valence-electron chi connectivity index (χ3n) is 4.76. The topological polar surface area (TPSA) is 145 Å². The van der Waals surface area contributed by atoms with Gasteiger partial charge in [0.1, 0.15) is 11.6 Å². The van der Waals surface area contributed by atoms with Gasteiger partial charge in [-0.3, -0.25) is 9.89 Å². The van der Waals surface area contributed by atoms with Gasteiger partial charge in [0.25, 0.3) is 5.91 Å². The number of H-pyrrole nitrogens is 1. The second-order valence-electron chi connectivity index (χ2n) is 6.69. The molecule has 0 saturated carbocycles. The standard InChI is InChI=1S/C18H21ClN6O3S/c19-15-6-5-12(29(27,28)25-8-1-2-9-25)10-13(15)18(26)22-7-3-4-16-14(11-20)17(21)24-23-16/h5-6,10H,1-4,7-9H2,(H,22,26)(H3,21,23,24). The van der Waals surface area contributed by atoms with Gasteiger partial charge in [0, 0.05) is 19.6 Å². The minimum absolute atomic E-state index is 0.0561. The van der Waals surface area contributed by atoms with Crippen molar-refractivity contribution in [1.82, 2.24) is 19.8 Å². The first-order valence-corrected chi connectivity index (χ1v) is 11.0. The summed E-state index contributed by atoms with van der Waals surface area (Å²) in [6.07, 6.45) is 2.67. The van der Waals surface area contributed by atoms with E-state index in [-0.39, 0.29) is 21.3 Å². The summed E-state index contributed by atoms with van der Waals surface area (Å²) in [5.41, 5.74) is 6.61. The number of nitrogens with zero attached hydrogens (tertiary/aromatic N) is 3. The zero-order valence-electron chi connectivity index (χ0n) is 15.6. The Balaban J connectivity index is 1.64. The number of rotatable bonds is 7. The number of aryl methyl sites for hydroxylation is 1. The van der Waals surface area contributed by atoms with Crippen molar-refractivity contribution in [2.45, 2.75) is 30.6 Å². The predicted octanol–water partition coefficient (Wildman–Crippen LogP) is 1.66. The van der Waals surface area contributed by atoms with Gasteiger partial charge in [-0.05, 0) is 43.9 Å².